The van der Waals surface area contributed by atoms with Crippen LogP contribution in [0.5, 0.6) is 0 Å². The quantitative estimate of drug-likeness (QED) is 0.640. The van der Waals surface area contributed by atoms with E-state index in [-0.39, 0.29) is 5.82 Å². The van der Waals surface area contributed by atoms with E-state index in [1.165, 1.54) is 30.2 Å². The Hall–Kier alpha value is -1.56. The second-order valence-corrected chi connectivity index (χ2v) is 3.82. The minimum atomic E-state index is -0.338. The number of halogens is 1. The maximum atomic E-state index is 12.7. The number of benzene rings is 1. The van der Waals surface area contributed by atoms with Crippen LogP contribution in [0.3, 0.4) is 0 Å². The van der Waals surface area contributed by atoms with Gasteiger partial charge < -0.3 is 10.3 Å². The summed E-state index contributed by atoms with van der Waals surface area (Å²) in [6.07, 6.45) is 1.34. The summed E-state index contributed by atoms with van der Waals surface area (Å²) in [6.45, 7) is 0. The fourth-order valence-corrected chi connectivity index (χ4v) is 1.85. The van der Waals surface area contributed by atoms with Gasteiger partial charge in [0.05, 0.1) is 5.75 Å². The van der Waals surface area contributed by atoms with E-state index in [0.29, 0.717) is 17.3 Å². The lowest BCUT2D eigenvalue weighted by molar-refractivity contribution is 0.390. The molecule has 78 valence electrons. The van der Waals surface area contributed by atoms with E-state index >= 15 is 0 Å². The van der Waals surface area contributed by atoms with Crippen LogP contribution in [-0.2, 0) is 5.75 Å². The Morgan fingerprint density at radius 1 is 1.47 bits per heavy atom. The Morgan fingerprint density at radius 3 is 3.00 bits per heavy atom. The highest BCUT2D eigenvalue weighted by atomic mass is 32.2. The molecule has 0 aliphatic rings. The molecule has 0 atom stereocenters. The van der Waals surface area contributed by atoms with Gasteiger partial charge in [-0.3, -0.25) is 0 Å². The summed E-state index contributed by atoms with van der Waals surface area (Å²) in [5.41, 5.74) is 6.05. The molecule has 0 spiro atoms. The summed E-state index contributed by atoms with van der Waals surface area (Å²) >= 11 is 1.43. The summed E-state index contributed by atoms with van der Waals surface area (Å²) in [4.78, 5) is 4.67. The molecule has 1 aromatic carbocycles. The molecule has 6 heteroatoms. The van der Waals surface area contributed by atoms with Gasteiger partial charge in [0, 0.05) is 10.6 Å². The van der Waals surface area contributed by atoms with Crippen LogP contribution in [0.2, 0.25) is 0 Å². The highest BCUT2D eigenvalue weighted by Crippen LogP contribution is 2.27. The first-order valence-electron chi connectivity index (χ1n) is 4.19. The van der Waals surface area contributed by atoms with Crippen LogP contribution in [0.4, 0.5) is 10.1 Å². The minimum absolute atomic E-state index is 0.338. The van der Waals surface area contributed by atoms with E-state index < -0.39 is 0 Å². The van der Waals surface area contributed by atoms with Gasteiger partial charge in [0.25, 0.3) is 0 Å². The summed E-state index contributed by atoms with van der Waals surface area (Å²) in [5, 5.41) is 3.48. The molecule has 0 unspecified atom stereocenters. The van der Waals surface area contributed by atoms with E-state index in [4.69, 9.17) is 10.3 Å². The van der Waals surface area contributed by atoms with Crippen molar-refractivity contribution in [3.8, 4) is 0 Å². The second-order valence-electron chi connectivity index (χ2n) is 2.81. The topological polar surface area (TPSA) is 64.9 Å². The predicted octanol–water partition coefficient (Wildman–Crippen LogP) is 2.08. The Balaban J connectivity index is 2.05. The lowest BCUT2D eigenvalue weighted by atomic mass is 10.3. The molecule has 0 aliphatic heterocycles. The van der Waals surface area contributed by atoms with Crippen LogP contribution >= 0.6 is 11.8 Å². The highest BCUT2D eigenvalue weighted by Gasteiger charge is 2.04. The third kappa shape index (κ3) is 2.47. The molecule has 4 nitrogen and oxygen atoms in total. The molecule has 1 heterocycles. The van der Waals surface area contributed by atoms with E-state index in [2.05, 4.69) is 10.1 Å². The Kier molecular flexibility index (Phi) is 2.86. The fourth-order valence-electron chi connectivity index (χ4n) is 1.05. The first-order valence-corrected chi connectivity index (χ1v) is 5.17. The third-order valence-corrected chi connectivity index (χ3v) is 2.80. The Morgan fingerprint density at radius 2 is 2.33 bits per heavy atom. The van der Waals surface area contributed by atoms with E-state index in [0.717, 1.165) is 4.90 Å². The SMILES string of the molecule is Nc1cc(F)ccc1SCc1ncno1. The average Bonchev–Trinajstić information content (AvgIpc) is 2.69. The fraction of sp³-hybridized carbons (Fsp3) is 0.111. The number of anilines is 1. The zero-order valence-corrected chi connectivity index (χ0v) is 8.50. The van der Waals surface area contributed by atoms with Crippen LogP contribution < -0.4 is 5.73 Å². The molecular formula is C9H8FN3OS. The summed E-state index contributed by atoms with van der Waals surface area (Å²) < 4.78 is 17.6. The van der Waals surface area contributed by atoms with Gasteiger partial charge in [-0.25, -0.2) is 4.39 Å². The molecule has 0 fully saturated rings. The first-order chi connectivity index (χ1) is 7.25. The van der Waals surface area contributed by atoms with Gasteiger partial charge in [0.1, 0.15) is 5.82 Å². The molecule has 2 N–H and O–H groups in total. The van der Waals surface area contributed by atoms with Gasteiger partial charge in [-0.05, 0) is 18.2 Å². The summed E-state index contributed by atoms with van der Waals surface area (Å²) in [6, 6.07) is 4.29. The Bertz CT molecular complexity index is 447. The number of hydrogen-bond acceptors (Lipinski definition) is 5. The number of rotatable bonds is 3. The summed E-state index contributed by atoms with van der Waals surface area (Å²) in [7, 11) is 0. The smallest absolute Gasteiger partial charge is 0.236 e. The van der Waals surface area contributed by atoms with Crippen molar-refractivity contribution in [1.29, 1.82) is 0 Å². The lowest BCUT2D eigenvalue weighted by Crippen LogP contribution is -1.90. The monoisotopic (exact) mass is 225 g/mol. The third-order valence-electron chi connectivity index (χ3n) is 1.73. The van der Waals surface area contributed by atoms with Crippen molar-refractivity contribution in [3.63, 3.8) is 0 Å². The van der Waals surface area contributed by atoms with Crippen LogP contribution in [0, 0.1) is 5.82 Å². The van der Waals surface area contributed by atoms with Crippen molar-refractivity contribution >= 4 is 17.4 Å². The summed E-state index contributed by atoms with van der Waals surface area (Å²) in [5.74, 6) is 0.703. The maximum Gasteiger partial charge on any atom is 0.236 e. The van der Waals surface area contributed by atoms with Gasteiger partial charge in [-0.15, -0.1) is 11.8 Å². The van der Waals surface area contributed by atoms with Crippen molar-refractivity contribution in [2.75, 3.05) is 5.73 Å². The van der Waals surface area contributed by atoms with Gasteiger partial charge in [-0.2, -0.15) is 4.98 Å². The number of hydrogen-bond donors (Lipinski definition) is 1. The van der Waals surface area contributed by atoms with Crippen molar-refractivity contribution in [2.45, 2.75) is 10.6 Å². The molecular weight excluding hydrogens is 217 g/mol. The van der Waals surface area contributed by atoms with Gasteiger partial charge in [0.2, 0.25) is 5.89 Å². The molecule has 0 amide bonds. The molecule has 0 aliphatic carbocycles. The van der Waals surface area contributed by atoms with Crippen LogP contribution in [0.25, 0.3) is 0 Å². The minimum Gasteiger partial charge on any atom is -0.398 e. The molecule has 15 heavy (non-hydrogen) atoms. The van der Waals surface area contributed by atoms with Crippen molar-refractivity contribution in [3.05, 3.63) is 36.2 Å². The van der Waals surface area contributed by atoms with Gasteiger partial charge in [-0.1, -0.05) is 5.16 Å². The largest absolute Gasteiger partial charge is 0.398 e. The van der Waals surface area contributed by atoms with E-state index in [1.807, 2.05) is 0 Å². The van der Waals surface area contributed by atoms with Gasteiger partial charge in [0.15, 0.2) is 6.33 Å². The number of aromatic nitrogens is 2. The van der Waals surface area contributed by atoms with Crippen molar-refractivity contribution in [1.82, 2.24) is 10.1 Å². The zero-order chi connectivity index (χ0) is 10.7. The number of thioether (sulfide) groups is 1. The molecule has 2 rings (SSSR count). The van der Waals surface area contributed by atoms with E-state index in [9.17, 15) is 4.39 Å². The van der Waals surface area contributed by atoms with Crippen molar-refractivity contribution in [2.24, 2.45) is 0 Å². The molecule has 0 saturated heterocycles. The molecule has 1 aromatic heterocycles. The highest BCUT2D eigenvalue weighted by molar-refractivity contribution is 7.98. The second kappa shape index (κ2) is 4.31. The zero-order valence-electron chi connectivity index (χ0n) is 7.68. The maximum absolute atomic E-state index is 12.7. The number of nitrogen functional groups attached to an aromatic ring is 1. The predicted molar refractivity (Wildman–Crippen MR) is 54.7 cm³/mol. The van der Waals surface area contributed by atoms with Crippen LogP contribution in [-0.4, -0.2) is 10.1 Å². The molecule has 0 bridgehead atoms. The van der Waals surface area contributed by atoms with Crippen LogP contribution in [0.15, 0.2) is 33.9 Å². The van der Waals surface area contributed by atoms with Crippen molar-refractivity contribution < 1.29 is 8.91 Å². The standard InChI is InChI=1S/C9H8FN3OS/c10-6-1-2-8(7(11)3-6)15-4-9-12-5-13-14-9/h1-3,5H,4,11H2. The number of nitrogens with two attached hydrogens (primary N) is 1. The lowest BCUT2D eigenvalue weighted by Gasteiger charge is -2.02. The Labute approximate surface area is 89.7 Å². The molecule has 2 aromatic rings. The normalized spacial score (nSPS) is 10.5. The first kappa shape index (κ1) is 9.97. The molecule has 0 saturated carbocycles. The number of nitrogens with zero attached hydrogens (tertiary/aromatic N) is 2. The van der Waals surface area contributed by atoms with Crippen LogP contribution in [0.1, 0.15) is 5.89 Å². The average molecular weight is 225 g/mol. The molecule has 0 radical (unpaired) electrons. The van der Waals surface area contributed by atoms with Gasteiger partial charge >= 0.3 is 0 Å². The van der Waals surface area contributed by atoms with E-state index in [1.54, 1.807) is 6.07 Å².